The van der Waals surface area contributed by atoms with Crippen LogP contribution < -0.4 is 10.5 Å². The van der Waals surface area contributed by atoms with E-state index in [1.54, 1.807) is 24.3 Å². The Morgan fingerprint density at radius 1 is 0.941 bits per heavy atom. The van der Waals surface area contributed by atoms with Gasteiger partial charge in [-0.3, -0.25) is 0 Å². The molecule has 0 aliphatic carbocycles. The summed E-state index contributed by atoms with van der Waals surface area (Å²) in [6, 6.07) is 16.1. The van der Waals surface area contributed by atoms with E-state index >= 15 is 0 Å². The summed E-state index contributed by atoms with van der Waals surface area (Å²) in [6.07, 6.45) is 0. The normalized spacial score (nSPS) is 12.1. The van der Waals surface area contributed by atoms with Crippen LogP contribution in [-0.2, 0) is 0 Å². The molecule has 0 heterocycles. The third-order valence-corrected chi connectivity index (χ3v) is 2.45. The SMILES string of the molecule is N[C@H](CF)c1ccc(Oc2ccccc2)cc1. The van der Waals surface area contributed by atoms with Gasteiger partial charge in [-0.2, -0.15) is 0 Å². The van der Waals surface area contributed by atoms with E-state index in [2.05, 4.69) is 0 Å². The zero-order valence-electron chi connectivity index (χ0n) is 9.34. The van der Waals surface area contributed by atoms with Crippen molar-refractivity contribution < 1.29 is 9.13 Å². The first-order valence-corrected chi connectivity index (χ1v) is 5.44. The molecule has 88 valence electrons. The van der Waals surface area contributed by atoms with Gasteiger partial charge in [0.25, 0.3) is 0 Å². The van der Waals surface area contributed by atoms with Gasteiger partial charge in [0.2, 0.25) is 0 Å². The zero-order valence-corrected chi connectivity index (χ0v) is 9.34. The highest BCUT2D eigenvalue weighted by molar-refractivity contribution is 5.33. The topological polar surface area (TPSA) is 35.2 Å². The van der Waals surface area contributed by atoms with Crippen molar-refractivity contribution in [2.45, 2.75) is 6.04 Å². The first kappa shape index (κ1) is 11.6. The van der Waals surface area contributed by atoms with E-state index in [-0.39, 0.29) is 0 Å². The summed E-state index contributed by atoms with van der Waals surface area (Å²) in [7, 11) is 0. The molecular weight excluding hydrogens is 217 g/mol. The highest BCUT2D eigenvalue weighted by Crippen LogP contribution is 2.22. The molecule has 0 fully saturated rings. The van der Waals surface area contributed by atoms with Gasteiger partial charge in [-0.1, -0.05) is 30.3 Å². The molecule has 0 aliphatic rings. The van der Waals surface area contributed by atoms with Crippen LogP contribution in [0.25, 0.3) is 0 Å². The van der Waals surface area contributed by atoms with E-state index in [9.17, 15) is 4.39 Å². The van der Waals surface area contributed by atoms with Crippen LogP contribution >= 0.6 is 0 Å². The van der Waals surface area contributed by atoms with Crippen molar-refractivity contribution >= 4 is 0 Å². The van der Waals surface area contributed by atoms with Crippen LogP contribution in [-0.4, -0.2) is 6.67 Å². The Bertz CT molecular complexity index is 455. The van der Waals surface area contributed by atoms with Crippen LogP contribution in [0.3, 0.4) is 0 Å². The molecule has 2 rings (SSSR count). The summed E-state index contributed by atoms with van der Waals surface area (Å²) in [5, 5.41) is 0. The number of halogens is 1. The predicted molar refractivity (Wildman–Crippen MR) is 65.9 cm³/mol. The van der Waals surface area contributed by atoms with E-state index in [1.165, 1.54) is 0 Å². The number of alkyl halides is 1. The van der Waals surface area contributed by atoms with Gasteiger partial charge in [0, 0.05) is 0 Å². The molecule has 0 unspecified atom stereocenters. The van der Waals surface area contributed by atoms with Gasteiger partial charge in [0.15, 0.2) is 0 Å². The largest absolute Gasteiger partial charge is 0.457 e. The first-order valence-electron chi connectivity index (χ1n) is 5.44. The van der Waals surface area contributed by atoms with Crippen molar-refractivity contribution in [1.29, 1.82) is 0 Å². The van der Waals surface area contributed by atoms with Gasteiger partial charge in [-0.15, -0.1) is 0 Å². The lowest BCUT2D eigenvalue weighted by Gasteiger charge is -2.09. The van der Waals surface area contributed by atoms with E-state index in [4.69, 9.17) is 10.5 Å². The smallest absolute Gasteiger partial charge is 0.127 e. The molecule has 2 N–H and O–H groups in total. The molecule has 2 aromatic rings. The minimum Gasteiger partial charge on any atom is -0.457 e. The standard InChI is InChI=1S/C14H14FNO/c15-10-14(16)11-6-8-13(9-7-11)17-12-4-2-1-3-5-12/h1-9,14H,10,16H2/t14-/m1/s1. The van der Waals surface area contributed by atoms with E-state index in [0.717, 1.165) is 11.3 Å². The molecule has 0 amide bonds. The quantitative estimate of drug-likeness (QED) is 0.874. The van der Waals surface area contributed by atoms with Crippen LogP contribution in [0.1, 0.15) is 11.6 Å². The molecule has 0 radical (unpaired) electrons. The van der Waals surface area contributed by atoms with Gasteiger partial charge >= 0.3 is 0 Å². The second kappa shape index (κ2) is 5.46. The van der Waals surface area contributed by atoms with Gasteiger partial charge in [-0.05, 0) is 29.8 Å². The summed E-state index contributed by atoms with van der Waals surface area (Å²) >= 11 is 0. The van der Waals surface area contributed by atoms with Crippen molar-refractivity contribution in [3.8, 4) is 11.5 Å². The molecule has 0 spiro atoms. The molecule has 0 bridgehead atoms. The zero-order chi connectivity index (χ0) is 12.1. The lowest BCUT2D eigenvalue weighted by atomic mass is 10.1. The molecule has 1 atom stereocenters. The average molecular weight is 231 g/mol. The van der Waals surface area contributed by atoms with Crippen LogP contribution in [0.4, 0.5) is 4.39 Å². The molecule has 3 heteroatoms. The Balaban J connectivity index is 2.08. The Hall–Kier alpha value is -1.87. The molecule has 0 saturated heterocycles. The number of ether oxygens (including phenoxy) is 1. The molecule has 17 heavy (non-hydrogen) atoms. The van der Waals surface area contributed by atoms with Gasteiger partial charge < -0.3 is 10.5 Å². The van der Waals surface area contributed by atoms with Crippen molar-refractivity contribution in [2.24, 2.45) is 5.73 Å². The highest BCUT2D eigenvalue weighted by atomic mass is 19.1. The van der Waals surface area contributed by atoms with Crippen LogP contribution in [0.15, 0.2) is 54.6 Å². The Morgan fingerprint density at radius 2 is 1.53 bits per heavy atom. The number of para-hydroxylation sites is 1. The number of hydrogen-bond acceptors (Lipinski definition) is 2. The Kier molecular flexibility index (Phi) is 3.73. The highest BCUT2D eigenvalue weighted by Gasteiger charge is 2.05. The Morgan fingerprint density at radius 3 is 2.12 bits per heavy atom. The number of benzene rings is 2. The third kappa shape index (κ3) is 3.04. The van der Waals surface area contributed by atoms with E-state index in [0.29, 0.717) is 5.75 Å². The summed E-state index contributed by atoms with van der Waals surface area (Å²) in [5.74, 6) is 1.49. The molecule has 2 aromatic carbocycles. The summed E-state index contributed by atoms with van der Waals surface area (Å²) in [5.41, 5.74) is 6.35. The minimum absolute atomic E-state index is 0.555. The summed E-state index contributed by atoms with van der Waals surface area (Å²) in [6.45, 7) is -0.557. The minimum atomic E-state index is -0.557. The van der Waals surface area contributed by atoms with Crippen molar-refractivity contribution in [2.75, 3.05) is 6.67 Å². The fourth-order valence-corrected chi connectivity index (χ4v) is 1.50. The van der Waals surface area contributed by atoms with Crippen molar-refractivity contribution in [3.63, 3.8) is 0 Å². The second-order valence-electron chi connectivity index (χ2n) is 3.74. The molecule has 0 aliphatic heterocycles. The molecular formula is C14H14FNO. The van der Waals surface area contributed by atoms with Crippen LogP contribution in [0, 0.1) is 0 Å². The fraction of sp³-hybridized carbons (Fsp3) is 0.143. The summed E-state index contributed by atoms with van der Waals surface area (Å²) < 4.78 is 18.0. The number of hydrogen-bond donors (Lipinski definition) is 1. The molecule has 0 saturated carbocycles. The first-order chi connectivity index (χ1) is 8.29. The van der Waals surface area contributed by atoms with Gasteiger partial charge in [0.05, 0.1) is 6.04 Å². The van der Waals surface area contributed by atoms with Gasteiger partial charge in [-0.25, -0.2) is 4.39 Å². The van der Waals surface area contributed by atoms with E-state index < -0.39 is 12.7 Å². The lowest BCUT2D eigenvalue weighted by Crippen LogP contribution is -2.11. The molecule has 0 aromatic heterocycles. The monoisotopic (exact) mass is 231 g/mol. The van der Waals surface area contributed by atoms with Gasteiger partial charge in [0.1, 0.15) is 18.2 Å². The maximum Gasteiger partial charge on any atom is 0.127 e. The van der Waals surface area contributed by atoms with Crippen molar-refractivity contribution in [1.82, 2.24) is 0 Å². The van der Waals surface area contributed by atoms with Crippen LogP contribution in [0.2, 0.25) is 0 Å². The number of nitrogens with two attached hydrogens (primary N) is 1. The maximum atomic E-state index is 12.4. The van der Waals surface area contributed by atoms with E-state index in [1.807, 2.05) is 30.3 Å². The van der Waals surface area contributed by atoms with Crippen molar-refractivity contribution in [3.05, 3.63) is 60.2 Å². The fourth-order valence-electron chi connectivity index (χ4n) is 1.50. The van der Waals surface area contributed by atoms with Crippen LogP contribution in [0.5, 0.6) is 11.5 Å². The second-order valence-corrected chi connectivity index (χ2v) is 3.74. The molecule has 2 nitrogen and oxygen atoms in total. The predicted octanol–water partition coefficient (Wildman–Crippen LogP) is 3.45. The maximum absolute atomic E-state index is 12.4. The number of rotatable bonds is 4. The summed E-state index contributed by atoms with van der Waals surface area (Å²) in [4.78, 5) is 0. The lowest BCUT2D eigenvalue weighted by molar-refractivity contribution is 0.436. The third-order valence-electron chi connectivity index (χ3n) is 2.45. The Labute approximate surface area is 99.8 Å². The average Bonchev–Trinajstić information content (AvgIpc) is 2.40.